The first-order valence-corrected chi connectivity index (χ1v) is 11.5. The third-order valence-corrected chi connectivity index (χ3v) is 5.82. The fourth-order valence-electron chi connectivity index (χ4n) is 3.26. The van der Waals surface area contributed by atoms with Crippen LogP contribution in [0.25, 0.3) is 0 Å². The number of amides is 2. The summed E-state index contributed by atoms with van der Waals surface area (Å²) in [6.45, 7) is 2.30. The van der Waals surface area contributed by atoms with Crippen molar-refractivity contribution in [1.29, 1.82) is 0 Å². The molecule has 35 heavy (non-hydrogen) atoms. The van der Waals surface area contributed by atoms with Crippen LogP contribution in [0.4, 0.5) is 24.5 Å². The average Bonchev–Trinajstić information content (AvgIpc) is 2.83. The number of hydrogen-bond acceptors (Lipinski definition) is 3. The first-order valence-electron chi connectivity index (χ1n) is 10.7. The summed E-state index contributed by atoms with van der Waals surface area (Å²) in [5, 5.41) is 2.64. The minimum atomic E-state index is -4.54. The molecule has 0 radical (unpaired) electrons. The monoisotopic (exact) mass is 548 g/mol. The van der Waals surface area contributed by atoms with Gasteiger partial charge in [0.05, 0.1) is 5.69 Å². The molecule has 1 N–H and O–H groups in total. The SMILES string of the molecule is CC(C)c1cc(Br)c(NC(=O)c2cccc(N(C)C(=O)c3ccccc3)c2)c(OCC(F)(F)F)c1. The molecular formula is C26H24BrF3N2O3. The van der Waals surface area contributed by atoms with Crippen LogP contribution < -0.4 is 15.0 Å². The Morgan fingerprint density at radius 3 is 2.29 bits per heavy atom. The molecule has 0 aliphatic rings. The molecule has 0 fully saturated rings. The second kappa shape index (κ2) is 10.9. The number of alkyl halides is 3. The lowest BCUT2D eigenvalue weighted by Gasteiger charge is -2.19. The van der Waals surface area contributed by atoms with Crippen molar-refractivity contribution in [1.82, 2.24) is 0 Å². The fourth-order valence-corrected chi connectivity index (χ4v) is 3.82. The minimum Gasteiger partial charge on any atom is -0.482 e. The van der Waals surface area contributed by atoms with Crippen LogP contribution in [0.1, 0.15) is 46.0 Å². The smallest absolute Gasteiger partial charge is 0.422 e. The van der Waals surface area contributed by atoms with Gasteiger partial charge in [-0.1, -0.05) is 38.1 Å². The van der Waals surface area contributed by atoms with E-state index in [0.717, 1.165) is 5.56 Å². The largest absolute Gasteiger partial charge is 0.482 e. The van der Waals surface area contributed by atoms with Gasteiger partial charge in [-0.05, 0) is 69.9 Å². The highest BCUT2D eigenvalue weighted by molar-refractivity contribution is 9.10. The van der Waals surface area contributed by atoms with Crippen LogP contribution in [0, 0.1) is 0 Å². The Labute approximate surface area is 210 Å². The third kappa shape index (κ3) is 6.85. The lowest BCUT2D eigenvalue weighted by molar-refractivity contribution is -0.153. The predicted molar refractivity (Wildman–Crippen MR) is 133 cm³/mol. The molecular weight excluding hydrogens is 525 g/mol. The van der Waals surface area contributed by atoms with Crippen LogP contribution in [-0.4, -0.2) is 31.6 Å². The number of anilines is 2. The van der Waals surface area contributed by atoms with Gasteiger partial charge in [0.1, 0.15) is 5.75 Å². The molecule has 0 heterocycles. The van der Waals surface area contributed by atoms with E-state index in [1.54, 1.807) is 61.6 Å². The van der Waals surface area contributed by atoms with Gasteiger partial charge in [-0.25, -0.2) is 0 Å². The van der Waals surface area contributed by atoms with E-state index >= 15 is 0 Å². The van der Waals surface area contributed by atoms with E-state index in [4.69, 9.17) is 4.74 Å². The summed E-state index contributed by atoms with van der Waals surface area (Å²) in [6.07, 6.45) is -4.54. The number of halogens is 4. The molecule has 0 aliphatic heterocycles. The Hall–Kier alpha value is -3.33. The Bertz CT molecular complexity index is 1210. The second-order valence-electron chi connectivity index (χ2n) is 8.17. The molecule has 3 rings (SSSR count). The van der Waals surface area contributed by atoms with Crippen molar-refractivity contribution in [2.75, 3.05) is 23.9 Å². The molecule has 0 atom stereocenters. The Morgan fingerprint density at radius 2 is 1.66 bits per heavy atom. The van der Waals surface area contributed by atoms with E-state index < -0.39 is 18.7 Å². The summed E-state index contributed by atoms with van der Waals surface area (Å²) >= 11 is 3.34. The summed E-state index contributed by atoms with van der Waals surface area (Å²) in [7, 11) is 1.59. The highest BCUT2D eigenvalue weighted by Gasteiger charge is 2.29. The molecule has 0 aliphatic carbocycles. The number of ether oxygens (including phenoxy) is 1. The lowest BCUT2D eigenvalue weighted by atomic mass is 10.0. The van der Waals surface area contributed by atoms with E-state index in [1.165, 1.54) is 17.0 Å². The van der Waals surface area contributed by atoms with Crippen LogP contribution in [0.3, 0.4) is 0 Å². The van der Waals surface area contributed by atoms with Crippen molar-refractivity contribution in [2.24, 2.45) is 0 Å². The zero-order valence-corrected chi connectivity index (χ0v) is 20.9. The zero-order chi connectivity index (χ0) is 25.8. The quantitative estimate of drug-likeness (QED) is 0.344. The molecule has 9 heteroatoms. The maximum atomic E-state index is 13.0. The van der Waals surface area contributed by atoms with Crippen LogP contribution in [-0.2, 0) is 0 Å². The number of nitrogens with zero attached hydrogens (tertiary/aromatic N) is 1. The molecule has 0 saturated carbocycles. The Balaban J connectivity index is 1.87. The lowest BCUT2D eigenvalue weighted by Crippen LogP contribution is -2.26. The molecule has 0 aromatic heterocycles. The average molecular weight is 549 g/mol. The number of rotatable bonds is 7. The standard InChI is InChI=1S/C26H24BrF3N2O3/c1-16(2)19-13-21(27)23(22(14-19)35-15-26(28,29)30)31-24(33)18-10-7-11-20(12-18)32(3)25(34)17-8-5-4-6-9-17/h4-14,16H,15H2,1-3H3,(H,31,33). The van der Waals surface area contributed by atoms with Gasteiger partial charge in [-0.2, -0.15) is 13.2 Å². The highest BCUT2D eigenvalue weighted by Crippen LogP contribution is 2.38. The minimum absolute atomic E-state index is 0.0265. The number of carbonyl (C=O) groups is 2. The third-order valence-electron chi connectivity index (χ3n) is 5.19. The van der Waals surface area contributed by atoms with Crippen LogP contribution in [0.5, 0.6) is 5.75 Å². The van der Waals surface area contributed by atoms with Crippen LogP contribution in [0.15, 0.2) is 71.2 Å². The Morgan fingerprint density at radius 1 is 1.00 bits per heavy atom. The molecule has 5 nitrogen and oxygen atoms in total. The summed E-state index contributed by atoms with van der Waals surface area (Å²) in [6, 6.07) is 18.3. The van der Waals surface area contributed by atoms with Gasteiger partial charge in [0, 0.05) is 28.3 Å². The molecule has 3 aromatic carbocycles. The number of hydrogen-bond donors (Lipinski definition) is 1. The fraction of sp³-hybridized carbons (Fsp3) is 0.231. The summed E-state index contributed by atoms with van der Waals surface area (Å²) < 4.78 is 43.9. The van der Waals surface area contributed by atoms with Crippen molar-refractivity contribution in [2.45, 2.75) is 25.9 Å². The summed E-state index contributed by atoms with van der Waals surface area (Å²) in [4.78, 5) is 27.2. The van der Waals surface area contributed by atoms with Crippen molar-refractivity contribution < 1.29 is 27.5 Å². The van der Waals surface area contributed by atoms with Crippen molar-refractivity contribution in [3.63, 3.8) is 0 Å². The second-order valence-corrected chi connectivity index (χ2v) is 9.02. The molecule has 0 saturated heterocycles. The summed E-state index contributed by atoms with van der Waals surface area (Å²) in [5.41, 5.74) is 2.02. The van der Waals surface area contributed by atoms with Crippen LogP contribution in [0.2, 0.25) is 0 Å². The molecule has 0 spiro atoms. The first-order chi connectivity index (χ1) is 16.5. The van der Waals surface area contributed by atoms with Gasteiger partial charge in [0.15, 0.2) is 6.61 Å². The number of benzene rings is 3. The number of nitrogens with one attached hydrogen (secondary N) is 1. The molecule has 2 amide bonds. The molecule has 0 unspecified atom stereocenters. The van der Waals surface area contributed by atoms with Gasteiger partial charge in [0.2, 0.25) is 0 Å². The van der Waals surface area contributed by atoms with Gasteiger partial charge in [0.25, 0.3) is 11.8 Å². The normalized spacial score (nSPS) is 11.3. The van der Waals surface area contributed by atoms with Gasteiger partial charge < -0.3 is 15.0 Å². The van der Waals surface area contributed by atoms with Crippen molar-refractivity contribution in [3.8, 4) is 5.75 Å². The number of carbonyl (C=O) groups excluding carboxylic acids is 2. The summed E-state index contributed by atoms with van der Waals surface area (Å²) in [5.74, 6) is -0.889. The van der Waals surface area contributed by atoms with E-state index in [1.807, 2.05) is 13.8 Å². The van der Waals surface area contributed by atoms with Crippen LogP contribution >= 0.6 is 15.9 Å². The maximum absolute atomic E-state index is 13.0. The molecule has 184 valence electrons. The van der Waals surface area contributed by atoms with E-state index in [9.17, 15) is 22.8 Å². The van der Waals surface area contributed by atoms with Gasteiger partial charge in [-0.3, -0.25) is 9.59 Å². The highest BCUT2D eigenvalue weighted by atomic mass is 79.9. The van der Waals surface area contributed by atoms with Crippen molar-refractivity contribution in [3.05, 3.63) is 87.9 Å². The van der Waals surface area contributed by atoms with E-state index in [2.05, 4.69) is 21.2 Å². The van der Waals surface area contributed by atoms with Gasteiger partial charge in [-0.15, -0.1) is 0 Å². The Kier molecular flexibility index (Phi) is 8.22. The molecule has 3 aromatic rings. The maximum Gasteiger partial charge on any atom is 0.422 e. The van der Waals surface area contributed by atoms with Crippen molar-refractivity contribution >= 4 is 39.1 Å². The molecule has 0 bridgehead atoms. The predicted octanol–water partition coefficient (Wildman–Crippen LogP) is 7.04. The topological polar surface area (TPSA) is 58.6 Å². The van der Waals surface area contributed by atoms with Gasteiger partial charge >= 0.3 is 6.18 Å². The first kappa shape index (κ1) is 26.3. The van der Waals surface area contributed by atoms with E-state index in [-0.39, 0.29) is 28.8 Å². The van der Waals surface area contributed by atoms with E-state index in [0.29, 0.717) is 15.7 Å². The zero-order valence-electron chi connectivity index (χ0n) is 19.3.